The number of rotatable bonds is 7. The third-order valence-corrected chi connectivity index (χ3v) is 7.56. The molecule has 0 aliphatic carbocycles. The average Bonchev–Trinajstić information content (AvgIpc) is 2.71. The van der Waals surface area contributed by atoms with Crippen LogP contribution in [0.2, 0.25) is 0 Å². The Morgan fingerprint density at radius 3 is 2.33 bits per heavy atom. The second kappa shape index (κ2) is 6.40. The van der Waals surface area contributed by atoms with Gasteiger partial charge >= 0.3 is 5.97 Å². The van der Waals surface area contributed by atoms with E-state index in [2.05, 4.69) is 4.72 Å². The van der Waals surface area contributed by atoms with Crippen molar-refractivity contribution in [3.8, 4) is 0 Å². The van der Waals surface area contributed by atoms with Gasteiger partial charge in [0.25, 0.3) is 0 Å². The number of nitrogens with one attached hydrogen (secondary N) is 1. The Hall–Kier alpha value is -1.01. The predicted octanol–water partition coefficient (Wildman–Crippen LogP) is -0.0756. The molecular weight excluding hydrogens is 340 g/mol. The molecule has 0 saturated carbocycles. The van der Waals surface area contributed by atoms with Gasteiger partial charge < -0.3 is 5.11 Å². The van der Waals surface area contributed by atoms with Gasteiger partial charge in [0, 0.05) is 20.6 Å². The van der Waals surface area contributed by atoms with Crippen LogP contribution in [0.3, 0.4) is 0 Å². The smallest absolute Gasteiger partial charge is 0.346 e. The largest absolute Gasteiger partial charge is 0.477 e. The molecule has 1 heterocycles. The fraction of sp³-hybridized carbons (Fsp3) is 0.500. The quantitative estimate of drug-likeness (QED) is 0.705. The van der Waals surface area contributed by atoms with Gasteiger partial charge in [0.05, 0.1) is 5.75 Å². The number of carbonyl (C=O) groups is 1. The van der Waals surface area contributed by atoms with Crippen molar-refractivity contribution >= 4 is 37.4 Å². The molecule has 0 aliphatic heterocycles. The zero-order valence-corrected chi connectivity index (χ0v) is 14.1. The molecule has 0 spiro atoms. The Balaban J connectivity index is 2.84. The van der Waals surface area contributed by atoms with Crippen LogP contribution in [0, 0.1) is 6.92 Å². The number of aromatic carboxylic acids is 1. The molecule has 11 heteroatoms. The number of thiophene rings is 1. The number of hydrogen-bond donors (Lipinski definition) is 2. The summed E-state index contributed by atoms with van der Waals surface area (Å²) in [5, 5.41) is 8.90. The second-order valence-corrected chi connectivity index (χ2v) is 9.73. The van der Waals surface area contributed by atoms with Crippen LogP contribution in [0.15, 0.2) is 10.3 Å². The minimum absolute atomic E-state index is 0.0590. The standard InChI is InChI=1S/C10H16N2O6S3/c1-7-6-8(19-9(7)10(13)14)21(17,18)11-4-5-20(15,16)12(2)3/h6,11H,4-5H2,1-3H3,(H,13,14). The van der Waals surface area contributed by atoms with E-state index in [0.29, 0.717) is 16.9 Å². The van der Waals surface area contributed by atoms with Crippen LogP contribution >= 0.6 is 11.3 Å². The van der Waals surface area contributed by atoms with Gasteiger partial charge in [-0.2, -0.15) is 0 Å². The summed E-state index contributed by atoms with van der Waals surface area (Å²) in [6, 6.07) is 1.25. The second-order valence-electron chi connectivity index (χ2n) is 4.38. The first-order chi connectivity index (χ1) is 9.47. The Bertz CT molecular complexity index is 733. The van der Waals surface area contributed by atoms with E-state index < -0.39 is 26.0 Å². The molecular formula is C10H16N2O6S3. The lowest BCUT2D eigenvalue weighted by molar-refractivity contribution is 0.0701. The Labute approximate surface area is 127 Å². The van der Waals surface area contributed by atoms with Crippen molar-refractivity contribution in [3.63, 3.8) is 0 Å². The Morgan fingerprint density at radius 1 is 1.33 bits per heavy atom. The number of aryl methyl sites for hydroxylation is 1. The third-order valence-electron chi connectivity index (χ3n) is 2.56. The molecule has 1 aromatic heterocycles. The maximum Gasteiger partial charge on any atom is 0.346 e. The van der Waals surface area contributed by atoms with Crippen LogP contribution in [0.1, 0.15) is 15.2 Å². The van der Waals surface area contributed by atoms with Crippen molar-refractivity contribution in [2.24, 2.45) is 0 Å². The van der Waals surface area contributed by atoms with Gasteiger partial charge in [0.1, 0.15) is 9.09 Å². The van der Waals surface area contributed by atoms with E-state index in [1.807, 2.05) is 0 Å². The van der Waals surface area contributed by atoms with Crippen molar-refractivity contribution in [1.29, 1.82) is 0 Å². The lowest BCUT2D eigenvalue weighted by atomic mass is 10.3. The van der Waals surface area contributed by atoms with Crippen LogP contribution in [0.25, 0.3) is 0 Å². The molecule has 120 valence electrons. The summed E-state index contributed by atoms with van der Waals surface area (Å²) in [4.78, 5) is 10.8. The van der Waals surface area contributed by atoms with E-state index in [4.69, 9.17) is 5.11 Å². The van der Waals surface area contributed by atoms with Crippen LogP contribution in [-0.2, 0) is 20.0 Å². The number of sulfonamides is 2. The van der Waals surface area contributed by atoms with Gasteiger partial charge in [0.2, 0.25) is 20.0 Å². The minimum Gasteiger partial charge on any atom is -0.477 e. The zero-order valence-electron chi connectivity index (χ0n) is 11.7. The summed E-state index contributed by atoms with van der Waals surface area (Å²) in [5.41, 5.74) is 0.341. The molecule has 2 N–H and O–H groups in total. The molecule has 21 heavy (non-hydrogen) atoms. The highest BCUT2D eigenvalue weighted by Gasteiger charge is 2.22. The number of carboxylic acids is 1. The topological polar surface area (TPSA) is 121 Å². The van der Waals surface area contributed by atoms with E-state index in [9.17, 15) is 21.6 Å². The molecule has 0 atom stereocenters. The van der Waals surface area contributed by atoms with Crippen LogP contribution < -0.4 is 4.72 Å². The highest BCUT2D eigenvalue weighted by atomic mass is 32.2. The van der Waals surface area contributed by atoms with Crippen molar-refractivity contribution in [2.75, 3.05) is 26.4 Å². The SMILES string of the molecule is Cc1cc(S(=O)(=O)NCCS(=O)(=O)N(C)C)sc1C(=O)O. The predicted molar refractivity (Wildman–Crippen MR) is 78.7 cm³/mol. The molecule has 0 aromatic carbocycles. The average molecular weight is 356 g/mol. The van der Waals surface area contributed by atoms with E-state index in [1.165, 1.54) is 27.1 Å². The van der Waals surface area contributed by atoms with Gasteiger partial charge in [0.15, 0.2) is 0 Å². The van der Waals surface area contributed by atoms with E-state index in [-0.39, 0.29) is 21.4 Å². The maximum absolute atomic E-state index is 12.0. The molecule has 1 rings (SSSR count). The molecule has 8 nitrogen and oxygen atoms in total. The summed E-state index contributed by atoms with van der Waals surface area (Å²) >= 11 is 0.629. The van der Waals surface area contributed by atoms with Crippen molar-refractivity contribution < 1.29 is 26.7 Å². The summed E-state index contributed by atoms with van der Waals surface area (Å²) in [6.45, 7) is 1.21. The van der Waals surface area contributed by atoms with E-state index in [1.54, 1.807) is 0 Å². The summed E-state index contributed by atoms with van der Waals surface area (Å²) < 4.78 is 50.0. The fourth-order valence-corrected chi connectivity index (χ4v) is 4.67. The third kappa shape index (κ3) is 4.48. The van der Waals surface area contributed by atoms with Crippen LogP contribution in [-0.4, -0.2) is 58.6 Å². The number of nitrogens with zero attached hydrogens (tertiary/aromatic N) is 1. The monoisotopic (exact) mass is 356 g/mol. The van der Waals surface area contributed by atoms with Crippen molar-refractivity contribution in [3.05, 3.63) is 16.5 Å². The molecule has 0 bridgehead atoms. The number of hydrogen-bond acceptors (Lipinski definition) is 6. The van der Waals surface area contributed by atoms with Crippen LogP contribution in [0.4, 0.5) is 0 Å². The normalized spacial score (nSPS) is 12.8. The minimum atomic E-state index is -3.92. The molecule has 0 fully saturated rings. The summed E-state index contributed by atoms with van der Waals surface area (Å²) in [7, 11) is -4.72. The van der Waals surface area contributed by atoms with Gasteiger partial charge in [-0.25, -0.2) is 30.7 Å². The summed E-state index contributed by atoms with van der Waals surface area (Å²) in [6.07, 6.45) is 0. The zero-order chi connectivity index (χ0) is 16.4. The highest BCUT2D eigenvalue weighted by molar-refractivity contribution is 7.92. The molecule has 0 saturated heterocycles. The first kappa shape index (κ1) is 18.0. The van der Waals surface area contributed by atoms with E-state index in [0.717, 1.165) is 4.31 Å². The molecule has 1 aromatic rings. The van der Waals surface area contributed by atoms with Crippen molar-refractivity contribution in [1.82, 2.24) is 9.03 Å². The van der Waals surface area contributed by atoms with Gasteiger partial charge in [-0.05, 0) is 18.6 Å². The lowest BCUT2D eigenvalue weighted by Gasteiger charge is -2.11. The first-order valence-corrected chi connectivity index (χ1v) is 9.62. The Morgan fingerprint density at radius 2 is 1.90 bits per heavy atom. The fourth-order valence-electron chi connectivity index (χ4n) is 1.36. The molecule has 0 unspecified atom stereocenters. The van der Waals surface area contributed by atoms with Crippen molar-refractivity contribution in [2.45, 2.75) is 11.1 Å². The number of carboxylic acid groups (broad SMARTS) is 1. The Kier molecular flexibility index (Phi) is 5.50. The first-order valence-electron chi connectivity index (χ1n) is 5.71. The molecule has 0 aliphatic rings. The highest BCUT2D eigenvalue weighted by Crippen LogP contribution is 2.25. The van der Waals surface area contributed by atoms with Crippen LogP contribution in [0.5, 0.6) is 0 Å². The van der Waals surface area contributed by atoms with Gasteiger partial charge in [-0.15, -0.1) is 11.3 Å². The maximum atomic E-state index is 12.0. The molecule has 0 radical (unpaired) electrons. The summed E-state index contributed by atoms with van der Waals surface area (Å²) in [5.74, 6) is -1.58. The lowest BCUT2D eigenvalue weighted by Crippen LogP contribution is -2.33. The van der Waals surface area contributed by atoms with Gasteiger partial charge in [-0.1, -0.05) is 0 Å². The molecule has 0 amide bonds. The van der Waals surface area contributed by atoms with E-state index >= 15 is 0 Å². The van der Waals surface area contributed by atoms with Gasteiger partial charge in [-0.3, -0.25) is 0 Å².